The molecule has 0 aromatic heterocycles. The molecule has 0 aliphatic heterocycles. The summed E-state index contributed by atoms with van der Waals surface area (Å²) in [6, 6.07) is 19.9. The molecule has 0 unspecified atom stereocenters. The molecule has 2 aromatic rings. The van der Waals surface area contributed by atoms with Crippen LogP contribution in [0.15, 0.2) is 60.7 Å². The fraction of sp³-hybridized carbons (Fsp3) is 0.381. The lowest BCUT2D eigenvalue weighted by atomic mass is 9.91. The van der Waals surface area contributed by atoms with Crippen molar-refractivity contribution < 1.29 is 13.2 Å². The number of hydrogen-bond donors (Lipinski definition) is 1. The minimum Gasteiger partial charge on any atom is -0.354 e. The zero-order valence-corrected chi connectivity index (χ0v) is 15.6. The van der Waals surface area contributed by atoms with Gasteiger partial charge in [0.15, 0.2) is 9.84 Å². The lowest BCUT2D eigenvalue weighted by molar-refractivity contribution is -0.118. The molecule has 0 spiro atoms. The van der Waals surface area contributed by atoms with Crippen molar-refractivity contribution in [1.29, 1.82) is 0 Å². The Kier molecular flexibility index (Phi) is 6.09. The highest BCUT2D eigenvalue weighted by Crippen LogP contribution is 2.26. The van der Waals surface area contributed by atoms with Crippen LogP contribution in [0.1, 0.15) is 42.7 Å². The highest BCUT2D eigenvalue weighted by Gasteiger charge is 2.30. The van der Waals surface area contributed by atoms with E-state index >= 15 is 0 Å². The molecule has 1 aliphatic rings. The number of benzene rings is 2. The molecule has 1 saturated carbocycles. The van der Waals surface area contributed by atoms with Crippen LogP contribution >= 0.6 is 0 Å². The average molecular weight is 372 g/mol. The van der Waals surface area contributed by atoms with E-state index in [4.69, 9.17) is 0 Å². The van der Waals surface area contributed by atoms with Gasteiger partial charge < -0.3 is 5.32 Å². The molecule has 26 heavy (non-hydrogen) atoms. The number of hydrogen-bond acceptors (Lipinski definition) is 3. The van der Waals surface area contributed by atoms with Crippen molar-refractivity contribution >= 4 is 15.7 Å². The average Bonchev–Trinajstić information content (AvgIpc) is 3.19. The van der Waals surface area contributed by atoms with Crippen LogP contribution in [0, 0.1) is 0 Å². The van der Waals surface area contributed by atoms with E-state index in [2.05, 4.69) is 5.32 Å². The summed E-state index contributed by atoms with van der Waals surface area (Å²) < 4.78 is 24.7. The molecule has 138 valence electrons. The van der Waals surface area contributed by atoms with Gasteiger partial charge in [-0.25, -0.2) is 8.42 Å². The van der Waals surface area contributed by atoms with Gasteiger partial charge in [0.25, 0.3) is 0 Å². The highest BCUT2D eigenvalue weighted by atomic mass is 32.2. The predicted molar refractivity (Wildman–Crippen MR) is 104 cm³/mol. The molecule has 3 rings (SSSR count). The second kappa shape index (κ2) is 8.49. The number of amides is 1. The Hall–Kier alpha value is -2.14. The molecule has 2 aromatic carbocycles. The van der Waals surface area contributed by atoms with Gasteiger partial charge in [-0.3, -0.25) is 4.79 Å². The Balaban J connectivity index is 1.67. The first-order chi connectivity index (χ1) is 12.6. The van der Waals surface area contributed by atoms with E-state index in [-0.39, 0.29) is 11.2 Å². The van der Waals surface area contributed by atoms with Crippen LogP contribution < -0.4 is 5.32 Å². The summed E-state index contributed by atoms with van der Waals surface area (Å²) in [5.74, 6) is -0.821. The summed E-state index contributed by atoms with van der Waals surface area (Å²) in [5, 5.41) is 2.50. The van der Waals surface area contributed by atoms with Gasteiger partial charge in [-0.2, -0.15) is 0 Å². The van der Waals surface area contributed by atoms with E-state index in [1.807, 2.05) is 60.7 Å². The molecule has 1 fully saturated rings. The molecular formula is C21H25NO3S. The van der Waals surface area contributed by atoms with Gasteiger partial charge in [0, 0.05) is 12.5 Å². The van der Waals surface area contributed by atoms with Gasteiger partial charge >= 0.3 is 0 Å². The third-order valence-corrected chi connectivity index (χ3v) is 7.20. The Morgan fingerprint density at radius 1 is 0.923 bits per heavy atom. The predicted octanol–water partition coefficient (Wildman–Crippen LogP) is 3.29. The van der Waals surface area contributed by atoms with Crippen molar-refractivity contribution in [1.82, 2.24) is 5.32 Å². The van der Waals surface area contributed by atoms with Crippen molar-refractivity contribution in [3.63, 3.8) is 0 Å². The van der Waals surface area contributed by atoms with Crippen LogP contribution in [0.25, 0.3) is 0 Å². The Morgan fingerprint density at radius 3 is 1.92 bits per heavy atom. The highest BCUT2D eigenvalue weighted by molar-refractivity contribution is 7.92. The van der Waals surface area contributed by atoms with E-state index in [0.717, 1.165) is 24.0 Å². The molecular weight excluding hydrogens is 346 g/mol. The van der Waals surface area contributed by atoms with Crippen LogP contribution in [-0.2, 0) is 14.6 Å². The lowest BCUT2D eigenvalue weighted by Gasteiger charge is -2.19. The second-order valence-electron chi connectivity index (χ2n) is 6.89. The topological polar surface area (TPSA) is 63.2 Å². The first kappa shape index (κ1) is 18.6. The molecule has 0 radical (unpaired) electrons. The Labute approximate surface area is 155 Å². The molecule has 4 nitrogen and oxygen atoms in total. The molecule has 1 aliphatic carbocycles. The van der Waals surface area contributed by atoms with Crippen LogP contribution in [0.4, 0.5) is 0 Å². The zero-order valence-electron chi connectivity index (χ0n) is 14.8. The Bertz CT molecular complexity index is 773. The third kappa shape index (κ3) is 4.73. The van der Waals surface area contributed by atoms with E-state index < -0.39 is 21.5 Å². The third-order valence-electron chi connectivity index (χ3n) is 5.05. The molecule has 1 amide bonds. The van der Waals surface area contributed by atoms with Gasteiger partial charge in [-0.1, -0.05) is 73.5 Å². The number of sulfone groups is 1. The van der Waals surface area contributed by atoms with Crippen LogP contribution in [-0.4, -0.2) is 31.9 Å². The van der Waals surface area contributed by atoms with Crippen molar-refractivity contribution in [3.05, 3.63) is 71.8 Å². The lowest BCUT2D eigenvalue weighted by Crippen LogP contribution is -2.36. The molecule has 5 heteroatoms. The van der Waals surface area contributed by atoms with Crippen molar-refractivity contribution in [2.75, 3.05) is 12.3 Å². The number of carbonyl (C=O) groups excluding carboxylic acids is 1. The summed E-state index contributed by atoms with van der Waals surface area (Å²) in [5.41, 5.74) is 2.19. The Morgan fingerprint density at radius 2 is 1.42 bits per heavy atom. The van der Waals surface area contributed by atoms with E-state index in [0.29, 0.717) is 19.4 Å². The zero-order chi connectivity index (χ0) is 18.4. The normalized spacial score (nSPS) is 15.3. The van der Waals surface area contributed by atoms with Crippen LogP contribution in [0.2, 0.25) is 0 Å². The van der Waals surface area contributed by atoms with Gasteiger partial charge in [0.1, 0.15) is 5.75 Å². The second-order valence-corrected chi connectivity index (χ2v) is 9.17. The summed E-state index contributed by atoms with van der Waals surface area (Å²) in [4.78, 5) is 12.3. The maximum atomic E-state index is 12.4. The first-order valence-corrected chi connectivity index (χ1v) is 10.9. The van der Waals surface area contributed by atoms with Gasteiger partial charge in [-0.05, 0) is 24.0 Å². The maximum Gasteiger partial charge on any atom is 0.235 e. The number of carbonyl (C=O) groups is 1. The molecule has 0 bridgehead atoms. The molecule has 0 atom stereocenters. The summed E-state index contributed by atoms with van der Waals surface area (Å²) in [6.07, 6.45) is 3.25. The van der Waals surface area contributed by atoms with Gasteiger partial charge in [-0.15, -0.1) is 0 Å². The van der Waals surface area contributed by atoms with Crippen molar-refractivity contribution in [2.24, 2.45) is 0 Å². The van der Waals surface area contributed by atoms with Crippen molar-refractivity contribution in [3.8, 4) is 0 Å². The summed E-state index contributed by atoms with van der Waals surface area (Å²) >= 11 is 0. The maximum absolute atomic E-state index is 12.4. The summed E-state index contributed by atoms with van der Waals surface area (Å²) in [6.45, 7) is 0.382. The fourth-order valence-corrected chi connectivity index (χ4v) is 5.37. The largest absolute Gasteiger partial charge is 0.354 e. The summed E-state index contributed by atoms with van der Waals surface area (Å²) in [7, 11) is -3.35. The number of nitrogens with one attached hydrogen (secondary N) is 1. The van der Waals surface area contributed by atoms with Gasteiger partial charge in [0.05, 0.1) is 5.25 Å². The minimum atomic E-state index is -3.35. The first-order valence-electron chi connectivity index (χ1n) is 9.14. The molecule has 0 saturated heterocycles. The van der Waals surface area contributed by atoms with Crippen LogP contribution in [0.3, 0.4) is 0 Å². The molecule has 1 N–H and O–H groups in total. The number of rotatable bonds is 7. The van der Waals surface area contributed by atoms with E-state index in [1.54, 1.807) is 0 Å². The van der Waals surface area contributed by atoms with Gasteiger partial charge in [0.2, 0.25) is 5.91 Å². The fourth-order valence-electron chi connectivity index (χ4n) is 3.61. The van der Waals surface area contributed by atoms with Crippen molar-refractivity contribution in [2.45, 2.75) is 36.9 Å². The monoisotopic (exact) mass is 371 g/mol. The molecule has 0 heterocycles. The quantitative estimate of drug-likeness (QED) is 0.812. The minimum absolute atomic E-state index is 0.00413. The SMILES string of the molecule is O=C(CS(=O)(=O)C1CCCC1)NCC(c1ccccc1)c1ccccc1. The van der Waals surface area contributed by atoms with Crippen LogP contribution in [0.5, 0.6) is 0 Å². The van der Waals surface area contributed by atoms with E-state index in [9.17, 15) is 13.2 Å². The van der Waals surface area contributed by atoms with E-state index in [1.165, 1.54) is 0 Å². The smallest absolute Gasteiger partial charge is 0.235 e. The standard InChI is InChI=1S/C21H25NO3S/c23-21(16-26(24,25)19-13-7-8-14-19)22-15-20(17-9-3-1-4-10-17)18-11-5-2-6-12-18/h1-6,9-12,19-20H,7-8,13-16H2,(H,22,23).